The molecule has 1 atom stereocenters. The number of nitriles is 1. The first-order valence-electron chi connectivity index (χ1n) is 8.36. The molecule has 0 radical (unpaired) electrons. The number of ether oxygens (including phenoxy) is 2. The molecule has 0 spiro atoms. The molecule has 1 aromatic rings. The highest BCUT2D eigenvalue weighted by Crippen LogP contribution is 2.45. The van der Waals surface area contributed by atoms with Crippen molar-refractivity contribution in [3.05, 3.63) is 33.9 Å². The molecule has 27 heavy (non-hydrogen) atoms. The Kier molecular flexibility index (Phi) is 6.32. The number of aromatic hydroxyl groups is 1. The summed E-state index contributed by atoms with van der Waals surface area (Å²) in [6.07, 6.45) is 2.28. The average molecular weight is 395 g/mol. The first kappa shape index (κ1) is 21.0. The van der Waals surface area contributed by atoms with Crippen LogP contribution in [0.3, 0.4) is 0 Å². The number of nitrogens with zero attached hydrogens (tertiary/aromatic N) is 1. The van der Waals surface area contributed by atoms with Crippen LogP contribution in [0.4, 0.5) is 0 Å². The molecule has 0 fully saturated rings. The largest absolute Gasteiger partial charge is 0.507 e. The smallest absolute Gasteiger partial charge is 0.342 e. The summed E-state index contributed by atoms with van der Waals surface area (Å²) in [5.74, 6) is -0.378. The van der Waals surface area contributed by atoms with Gasteiger partial charge < -0.3 is 24.4 Å². The van der Waals surface area contributed by atoms with E-state index in [2.05, 4.69) is 0 Å². The number of carbonyl (C=O) groups excluding carboxylic acids is 1. The number of rotatable bonds is 7. The van der Waals surface area contributed by atoms with Crippen molar-refractivity contribution in [1.29, 1.82) is 5.26 Å². The Hall–Kier alpha value is -2.33. The van der Waals surface area contributed by atoms with E-state index >= 15 is 0 Å². The van der Waals surface area contributed by atoms with Gasteiger partial charge in [-0.2, -0.15) is 5.26 Å². The van der Waals surface area contributed by atoms with Gasteiger partial charge in [0.2, 0.25) is 0 Å². The Balaban J connectivity index is 2.42. The Morgan fingerprint density at radius 1 is 1.48 bits per heavy atom. The monoisotopic (exact) mass is 395 g/mol. The van der Waals surface area contributed by atoms with Crippen LogP contribution in [0.15, 0.2) is 11.6 Å². The molecular formula is C18H22NO7P. The normalized spacial score (nSPS) is 15.1. The molecule has 0 saturated carbocycles. The van der Waals surface area contributed by atoms with E-state index in [9.17, 15) is 24.3 Å². The summed E-state index contributed by atoms with van der Waals surface area (Å²) in [6, 6.07) is 1.65. The van der Waals surface area contributed by atoms with Gasteiger partial charge in [-0.3, -0.25) is 4.57 Å². The number of benzene rings is 1. The number of cyclic esters (lactones) is 1. The molecule has 1 heterocycles. The Labute approximate surface area is 157 Å². The molecule has 0 bridgehead atoms. The summed E-state index contributed by atoms with van der Waals surface area (Å²) in [7, 11) is -3.07. The topological polar surface area (TPSA) is 137 Å². The van der Waals surface area contributed by atoms with Crippen LogP contribution in [-0.4, -0.2) is 33.6 Å². The van der Waals surface area contributed by atoms with Crippen molar-refractivity contribution in [2.24, 2.45) is 0 Å². The number of fused-ring (bicyclic) bond motifs is 1. The third-order valence-electron chi connectivity index (χ3n) is 4.71. The molecule has 3 N–H and O–H groups in total. The second-order valence-corrected chi connectivity index (χ2v) is 8.07. The number of methoxy groups -OCH3 is 1. The van der Waals surface area contributed by atoms with E-state index in [0.717, 1.165) is 0 Å². The van der Waals surface area contributed by atoms with Gasteiger partial charge in [0.15, 0.2) is 5.66 Å². The summed E-state index contributed by atoms with van der Waals surface area (Å²) in [4.78, 5) is 30.4. The number of allylic oxidation sites excluding steroid dienone is 2. The SMILES string of the molecule is CC/C(=C\Cc1c(O)c2c(c(C)c1OC)COC2=O)CC(C#N)P(=O)(O)O. The molecular weight excluding hydrogens is 373 g/mol. The van der Waals surface area contributed by atoms with Crippen LogP contribution >= 0.6 is 7.60 Å². The number of hydrogen-bond donors (Lipinski definition) is 3. The number of hydrogen-bond acceptors (Lipinski definition) is 6. The molecule has 2 rings (SSSR count). The van der Waals surface area contributed by atoms with Gasteiger partial charge in [-0.1, -0.05) is 18.6 Å². The first-order valence-corrected chi connectivity index (χ1v) is 10.0. The fourth-order valence-corrected chi connectivity index (χ4v) is 3.76. The van der Waals surface area contributed by atoms with Gasteiger partial charge in [0.25, 0.3) is 0 Å². The van der Waals surface area contributed by atoms with E-state index in [1.165, 1.54) is 7.11 Å². The lowest BCUT2D eigenvalue weighted by Crippen LogP contribution is -2.07. The highest BCUT2D eigenvalue weighted by Gasteiger charge is 2.32. The molecule has 0 aromatic heterocycles. The predicted molar refractivity (Wildman–Crippen MR) is 96.7 cm³/mol. The van der Waals surface area contributed by atoms with Crippen LogP contribution in [0, 0.1) is 18.3 Å². The maximum absolute atomic E-state index is 11.9. The fourth-order valence-electron chi connectivity index (χ4n) is 3.13. The predicted octanol–water partition coefficient (Wildman–Crippen LogP) is 2.72. The van der Waals surface area contributed by atoms with Gasteiger partial charge in [0, 0.05) is 11.1 Å². The van der Waals surface area contributed by atoms with E-state index < -0.39 is 19.2 Å². The number of phenolic OH excluding ortho intramolecular Hbond substituents is 1. The molecule has 146 valence electrons. The third kappa shape index (κ3) is 4.16. The molecule has 9 heteroatoms. The lowest BCUT2D eigenvalue weighted by atomic mass is 9.94. The molecule has 1 aromatic carbocycles. The maximum atomic E-state index is 11.9. The molecule has 1 unspecified atom stereocenters. The standard InChI is InChI=1S/C18H22NO7P/c1-4-11(7-12(8-19)27(22,23)24)5-6-13-16(20)15-14(9-26-18(15)21)10(2)17(13)25-3/h5,12,20H,4,6-7,9H2,1-3H3,(H2,22,23,24)/b11-5+. The minimum absolute atomic E-state index is 0.0758. The second-order valence-electron chi connectivity index (χ2n) is 6.27. The van der Waals surface area contributed by atoms with Gasteiger partial charge in [-0.05, 0) is 31.7 Å². The lowest BCUT2D eigenvalue weighted by Gasteiger charge is -2.16. The van der Waals surface area contributed by atoms with Crippen molar-refractivity contribution in [2.75, 3.05) is 7.11 Å². The van der Waals surface area contributed by atoms with Crippen molar-refractivity contribution in [3.8, 4) is 17.6 Å². The average Bonchev–Trinajstić information content (AvgIpc) is 3.00. The summed E-state index contributed by atoms with van der Waals surface area (Å²) in [6.45, 7) is 3.65. The maximum Gasteiger partial charge on any atom is 0.342 e. The first-order chi connectivity index (χ1) is 12.6. The van der Waals surface area contributed by atoms with Crippen LogP contribution in [0.5, 0.6) is 11.5 Å². The highest BCUT2D eigenvalue weighted by atomic mass is 31.2. The zero-order valence-electron chi connectivity index (χ0n) is 15.4. The van der Waals surface area contributed by atoms with Gasteiger partial charge in [0.1, 0.15) is 23.7 Å². The van der Waals surface area contributed by atoms with Crippen molar-refractivity contribution >= 4 is 13.6 Å². The van der Waals surface area contributed by atoms with E-state index in [0.29, 0.717) is 34.4 Å². The van der Waals surface area contributed by atoms with Gasteiger partial charge in [-0.15, -0.1) is 0 Å². The molecule has 1 aliphatic rings. The molecule has 8 nitrogen and oxygen atoms in total. The minimum Gasteiger partial charge on any atom is -0.507 e. The molecule has 1 aliphatic heterocycles. The third-order valence-corrected chi connectivity index (χ3v) is 5.82. The summed E-state index contributed by atoms with van der Waals surface area (Å²) >= 11 is 0. The number of carbonyl (C=O) groups is 1. The van der Waals surface area contributed by atoms with E-state index in [4.69, 9.17) is 14.7 Å². The quantitative estimate of drug-likeness (QED) is 0.364. The summed E-state index contributed by atoms with van der Waals surface area (Å²) < 4.78 is 21.8. The lowest BCUT2D eigenvalue weighted by molar-refractivity contribution is 0.0533. The van der Waals surface area contributed by atoms with E-state index in [1.807, 2.05) is 6.92 Å². The zero-order valence-corrected chi connectivity index (χ0v) is 16.2. The van der Waals surface area contributed by atoms with Crippen LogP contribution < -0.4 is 4.74 Å². The van der Waals surface area contributed by atoms with Crippen LogP contribution in [-0.2, 0) is 22.3 Å². The molecule has 0 saturated heterocycles. The number of phenols is 1. The van der Waals surface area contributed by atoms with Gasteiger partial charge in [-0.25, -0.2) is 4.79 Å². The molecule has 0 aliphatic carbocycles. The van der Waals surface area contributed by atoms with Crippen LogP contribution in [0.25, 0.3) is 0 Å². The summed E-state index contributed by atoms with van der Waals surface area (Å²) in [5, 5.41) is 19.6. The highest BCUT2D eigenvalue weighted by molar-refractivity contribution is 7.52. The second kappa shape index (κ2) is 8.13. The van der Waals surface area contributed by atoms with Crippen molar-refractivity contribution < 1.29 is 33.7 Å². The minimum atomic E-state index is -4.53. The Morgan fingerprint density at radius 3 is 2.67 bits per heavy atom. The zero-order chi connectivity index (χ0) is 20.4. The van der Waals surface area contributed by atoms with Crippen molar-refractivity contribution in [2.45, 2.75) is 45.4 Å². The van der Waals surface area contributed by atoms with Crippen LogP contribution in [0.2, 0.25) is 0 Å². The Morgan fingerprint density at radius 2 is 2.15 bits per heavy atom. The number of esters is 1. The summed E-state index contributed by atoms with van der Waals surface area (Å²) in [5.41, 5.74) is 1.04. The fraction of sp³-hybridized carbons (Fsp3) is 0.444. The van der Waals surface area contributed by atoms with Crippen molar-refractivity contribution in [1.82, 2.24) is 0 Å². The van der Waals surface area contributed by atoms with Gasteiger partial charge >= 0.3 is 13.6 Å². The van der Waals surface area contributed by atoms with Crippen LogP contribution in [0.1, 0.15) is 46.8 Å². The molecule has 0 amide bonds. The van der Waals surface area contributed by atoms with E-state index in [1.54, 1.807) is 19.1 Å². The van der Waals surface area contributed by atoms with E-state index in [-0.39, 0.29) is 30.8 Å². The van der Waals surface area contributed by atoms with Crippen molar-refractivity contribution in [3.63, 3.8) is 0 Å². The van der Waals surface area contributed by atoms with Gasteiger partial charge in [0.05, 0.1) is 13.2 Å². The Bertz CT molecular complexity index is 879.